The van der Waals surface area contributed by atoms with Crippen LogP contribution in [0.3, 0.4) is 0 Å². The highest BCUT2D eigenvalue weighted by Gasteiger charge is 2.30. The number of pyridine rings is 1. The smallest absolute Gasteiger partial charge is 0.251 e. The first kappa shape index (κ1) is 18.9. The Morgan fingerprint density at radius 3 is 2.38 bits per heavy atom. The first-order valence-corrected chi connectivity index (χ1v) is 10.6. The van der Waals surface area contributed by atoms with Crippen LogP contribution in [0.2, 0.25) is 5.02 Å². The number of nitrogens with zero attached hydrogens (tertiary/aromatic N) is 1. The molecular formula is C19H21ClN2O3S. The summed E-state index contributed by atoms with van der Waals surface area (Å²) in [5, 5.41) is 3.09. The summed E-state index contributed by atoms with van der Waals surface area (Å²) in [5.41, 5.74) is 1.11. The predicted molar refractivity (Wildman–Crippen MR) is 101 cm³/mol. The number of carbonyl (C=O) groups excluding carboxylic acids is 1. The van der Waals surface area contributed by atoms with Gasteiger partial charge < -0.3 is 5.32 Å². The van der Waals surface area contributed by atoms with Crippen molar-refractivity contribution in [1.82, 2.24) is 10.3 Å². The Morgan fingerprint density at radius 1 is 1.15 bits per heavy atom. The van der Waals surface area contributed by atoms with Gasteiger partial charge in [-0.2, -0.15) is 0 Å². The lowest BCUT2D eigenvalue weighted by Gasteiger charge is -2.14. The Kier molecular flexibility index (Phi) is 5.63. The van der Waals surface area contributed by atoms with E-state index in [2.05, 4.69) is 10.3 Å². The van der Waals surface area contributed by atoms with Crippen molar-refractivity contribution < 1.29 is 13.2 Å². The summed E-state index contributed by atoms with van der Waals surface area (Å²) in [6.45, 7) is 1.83. The van der Waals surface area contributed by atoms with Gasteiger partial charge in [-0.05, 0) is 56.2 Å². The Balaban J connectivity index is 1.69. The van der Waals surface area contributed by atoms with E-state index in [4.69, 9.17) is 11.6 Å². The van der Waals surface area contributed by atoms with Crippen LogP contribution >= 0.6 is 11.6 Å². The minimum atomic E-state index is -3.31. The molecule has 26 heavy (non-hydrogen) atoms. The van der Waals surface area contributed by atoms with E-state index in [-0.39, 0.29) is 22.1 Å². The third kappa shape index (κ3) is 4.07. The quantitative estimate of drug-likeness (QED) is 0.836. The largest absolute Gasteiger partial charge is 0.344 e. The zero-order valence-corrected chi connectivity index (χ0v) is 16.1. The first-order chi connectivity index (χ1) is 12.4. The molecule has 1 N–H and O–H groups in total. The number of aromatic nitrogens is 1. The molecule has 138 valence electrons. The normalized spacial score (nSPS) is 16.4. The van der Waals surface area contributed by atoms with Gasteiger partial charge >= 0.3 is 0 Å². The van der Waals surface area contributed by atoms with Crippen LogP contribution in [0, 0.1) is 0 Å². The van der Waals surface area contributed by atoms with Crippen LogP contribution in [0.25, 0.3) is 0 Å². The van der Waals surface area contributed by atoms with Gasteiger partial charge in [-0.15, -0.1) is 0 Å². The van der Waals surface area contributed by atoms with Crippen molar-refractivity contribution in [2.75, 3.05) is 0 Å². The number of hydrogen-bond acceptors (Lipinski definition) is 4. The number of halogens is 1. The van der Waals surface area contributed by atoms with E-state index in [0.717, 1.165) is 25.7 Å². The maximum atomic E-state index is 12.6. The minimum absolute atomic E-state index is 0.279. The molecule has 1 amide bonds. The third-order valence-corrected chi connectivity index (χ3v) is 7.23. The lowest BCUT2D eigenvalue weighted by Crippen LogP contribution is -2.27. The molecule has 1 aliphatic carbocycles. The van der Waals surface area contributed by atoms with Crippen LogP contribution < -0.4 is 5.32 Å². The van der Waals surface area contributed by atoms with Crippen LogP contribution in [0.4, 0.5) is 0 Å². The van der Waals surface area contributed by atoms with Gasteiger partial charge in [0.25, 0.3) is 5.91 Å². The van der Waals surface area contributed by atoms with Gasteiger partial charge in [0.05, 0.1) is 26.9 Å². The Bertz CT molecular complexity index is 874. The van der Waals surface area contributed by atoms with Crippen LogP contribution in [-0.2, 0) is 9.84 Å². The fraction of sp³-hybridized carbons (Fsp3) is 0.368. The average molecular weight is 393 g/mol. The molecule has 1 aromatic heterocycles. The number of sulfone groups is 1. The number of amides is 1. The highest BCUT2D eigenvalue weighted by Crippen LogP contribution is 2.29. The lowest BCUT2D eigenvalue weighted by atomic mass is 10.1. The van der Waals surface area contributed by atoms with Gasteiger partial charge in [0.15, 0.2) is 9.84 Å². The van der Waals surface area contributed by atoms with Crippen molar-refractivity contribution in [3.05, 3.63) is 58.9 Å². The zero-order chi connectivity index (χ0) is 18.7. The summed E-state index contributed by atoms with van der Waals surface area (Å²) in [4.78, 5) is 16.9. The summed E-state index contributed by atoms with van der Waals surface area (Å²) in [7, 11) is -3.31. The van der Waals surface area contributed by atoms with Crippen molar-refractivity contribution in [2.24, 2.45) is 0 Å². The standard InChI is InChI=1S/C19H21ClN2O3S/c1-13(18-11-8-15(20)12-21-18)22-19(23)14-6-9-17(10-7-14)26(24,25)16-4-2-3-5-16/h6-13,16H,2-5H2,1H3,(H,22,23)/t13-/m0/s1. The molecule has 1 saturated carbocycles. The minimum Gasteiger partial charge on any atom is -0.344 e. The molecule has 0 aliphatic heterocycles. The monoisotopic (exact) mass is 392 g/mol. The second kappa shape index (κ2) is 7.76. The van der Waals surface area contributed by atoms with Crippen molar-refractivity contribution in [3.63, 3.8) is 0 Å². The molecule has 2 aromatic rings. The van der Waals surface area contributed by atoms with Crippen molar-refractivity contribution in [2.45, 2.75) is 48.8 Å². The van der Waals surface area contributed by atoms with Crippen LogP contribution in [0.1, 0.15) is 54.7 Å². The number of rotatable bonds is 5. The highest BCUT2D eigenvalue weighted by molar-refractivity contribution is 7.92. The van der Waals surface area contributed by atoms with E-state index in [1.165, 1.54) is 18.3 Å². The molecule has 0 bridgehead atoms. The van der Waals surface area contributed by atoms with Gasteiger partial charge in [0, 0.05) is 11.8 Å². The molecule has 1 aromatic carbocycles. The summed E-state index contributed by atoms with van der Waals surface area (Å²) in [5.74, 6) is -0.279. The summed E-state index contributed by atoms with van der Waals surface area (Å²) >= 11 is 5.82. The van der Waals surface area contributed by atoms with Crippen LogP contribution in [0.15, 0.2) is 47.5 Å². The predicted octanol–water partition coefficient (Wildman–Crippen LogP) is 3.94. The number of carbonyl (C=O) groups is 1. The van der Waals surface area contributed by atoms with Crippen molar-refractivity contribution in [1.29, 1.82) is 0 Å². The third-order valence-electron chi connectivity index (χ3n) is 4.73. The Labute approximate surface area is 158 Å². The van der Waals surface area contributed by atoms with Gasteiger partial charge in [-0.25, -0.2) is 8.42 Å². The maximum absolute atomic E-state index is 12.6. The molecule has 3 rings (SSSR count). The van der Waals surface area contributed by atoms with Gasteiger partial charge in [-0.1, -0.05) is 24.4 Å². The van der Waals surface area contributed by atoms with Crippen LogP contribution in [0.5, 0.6) is 0 Å². The van der Waals surface area contributed by atoms with E-state index < -0.39 is 9.84 Å². The highest BCUT2D eigenvalue weighted by atomic mass is 35.5. The zero-order valence-electron chi connectivity index (χ0n) is 14.5. The van der Waals surface area contributed by atoms with Crippen molar-refractivity contribution >= 4 is 27.3 Å². The Hall–Kier alpha value is -1.92. The molecule has 0 spiro atoms. The molecule has 1 aliphatic rings. The molecule has 0 unspecified atom stereocenters. The summed E-state index contributed by atoms with van der Waals surface area (Å²) in [6.07, 6.45) is 4.89. The van der Waals surface area contributed by atoms with E-state index in [9.17, 15) is 13.2 Å². The number of nitrogens with one attached hydrogen (secondary N) is 1. The maximum Gasteiger partial charge on any atom is 0.251 e. The first-order valence-electron chi connectivity index (χ1n) is 8.64. The summed E-state index contributed by atoms with van der Waals surface area (Å²) < 4.78 is 25.2. The van der Waals surface area contributed by atoms with Crippen LogP contribution in [-0.4, -0.2) is 24.6 Å². The summed E-state index contributed by atoms with van der Waals surface area (Å²) in [6, 6.07) is 9.33. The van der Waals surface area contributed by atoms with Gasteiger partial charge in [0.1, 0.15) is 0 Å². The van der Waals surface area contributed by atoms with Gasteiger partial charge in [-0.3, -0.25) is 9.78 Å². The molecule has 0 saturated heterocycles. The molecule has 0 radical (unpaired) electrons. The lowest BCUT2D eigenvalue weighted by molar-refractivity contribution is 0.0939. The van der Waals surface area contributed by atoms with Gasteiger partial charge in [0.2, 0.25) is 0 Å². The number of benzene rings is 1. The molecule has 1 atom stereocenters. The fourth-order valence-corrected chi connectivity index (χ4v) is 5.15. The fourth-order valence-electron chi connectivity index (χ4n) is 3.18. The molecular weight excluding hydrogens is 372 g/mol. The second-order valence-electron chi connectivity index (χ2n) is 6.57. The topological polar surface area (TPSA) is 76.1 Å². The van der Waals surface area contributed by atoms with E-state index in [0.29, 0.717) is 16.3 Å². The Morgan fingerprint density at radius 2 is 1.81 bits per heavy atom. The molecule has 5 nitrogen and oxygen atoms in total. The number of hydrogen-bond donors (Lipinski definition) is 1. The molecule has 7 heteroatoms. The van der Waals surface area contributed by atoms with E-state index >= 15 is 0 Å². The second-order valence-corrected chi connectivity index (χ2v) is 9.24. The van der Waals surface area contributed by atoms with E-state index in [1.807, 2.05) is 6.92 Å². The molecule has 1 fully saturated rings. The van der Waals surface area contributed by atoms with E-state index in [1.54, 1.807) is 24.3 Å². The average Bonchev–Trinajstić information content (AvgIpc) is 3.18. The SMILES string of the molecule is C[C@H](NC(=O)c1ccc(S(=O)(=O)C2CCCC2)cc1)c1ccc(Cl)cn1. The molecule has 1 heterocycles. The van der Waals surface area contributed by atoms with Crippen molar-refractivity contribution in [3.8, 4) is 0 Å².